The van der Waals surface area contributed by atoms with Crippen LogP contribution < -0.4 is 15.0 Å². The lowest BCUT2D eigenvalue weighted by molar-refractivity contribution is -0.126. The summed E-state index contributed by atoms with van der Waals surface area (Å²) in [5, 5.41) is 2.80. The van der Waals surface area contributed by atoms with Crippen LogP contribution in [0.25, 0.3) is 0 Å². The van der Waals surface area contributed by atoms with Crippen LogP contribution in [0.15, 0.2) is 42.5 Å². The van der Waals surface area contributed by atoms with Gasteiger partial charge in [0.25, 0.3) is 5.91 Å². The first-order valence-electron chi connectivity index (χ1n) is 9.90. The second-order valence-electron chi connectivity index (χ2n) is 7.28. The van der Waals surface area contributed by atoms with Crippen molar-refractivity contribution in [1.82, 2.24) is 5.32 Å². The third-order valence-electron chi connectivity index (χ3n) is 4.98. The molecule has 2 aromatic carbocycles. The molecule has 0 saturated heterocycles. The summed E-state index contributed by atoms with van der Waals surface area (Å²) in [5.41, 5.74) is 4.11. The number of nitrogens with zero attached hydrogens (tertiary/aromatic N) is 1. The zero-order valence-corrected chi connectivity index (χ0v) is 16.8. The van der Waals surface area contributed by atoms with Gasteiger partial charge in [-0.1, -0.05) is 43.2 Å². The van der Waals surface area contributed by atoms with Gasteiger partial charge in [0.05, 0.1) is 6.54 Å². The van der Waals surface area contributed by atoms with E-state index in [-0.39, 0.29) is 11.8 Å². The summed E-state index contributed by atoms with van der Waals surface area (Å²) in [6.07, 6.45) is 3.19. The third-order valence-corrected chi connectivity index (χ3v) is 4.98. The number of carbonyl (C=O) groups is 2. The fourth-order valence-corrected chi connectivity index (χ4v) is 3.49. The van der Waals surface area contributed by atoms with Gasteiger partial charge in [-0.3, -0.25) is 9.59 Å². The van der Waals surface area contributed by atoms with E-state index in [0.29, 0.717) is 13.2 Å². The molecule has 0 aromatic heterocycles. The maximum atomic E-state index is 13.0. The number of rotatable bonds is 8. The highest BCUT2D eigenvalue weighted by atomic mass is 16.5. The van der Waals surface area contributed by atoms with Gasteiger partial charge in [0.2, 0.25) is 5.91 Å². The predicted octanol–water partition coefficient (Wildman–Crippen LogP) is 3.94. The molecule has 2 amide bonds. The van der Waals surface area contributed by atoms with E-state index >= 15 is 0 Å². The molecule has 1 atom stereocenters. The number of carbonyl (C=O) groups excluding carboxylic acids is 2. The van der Waals surface area contributed by atoms with Gasteiger partial charge < -0.3 is 15.0 Å². The van der Waals surface area contributed by atoms with Crippen molar-refractivity contribution in [3.8, 4) is 5.75 Å². The molecule has 0 bridgehead atoms. The van der Waals surface area contributed by atoms with Gasteiger partial charge in [0.1, 0.15) is 18.4 Å². The van der Waals surface area contributed by atoms with E-state index in [4.69, 9.17) is 4.74 Å². The third kappa shape index (κ3) is 4.53. The number of hydrogen-bond donors (Lipinski definition) is 1. The van der Waals surface area contributed by atoms with Crippen molar-refractivity contribution in [2.75, 3.05) is 18.1 Å². The molecule has 1 N–H and O–H groups in total. The van der Waals surface area contributed by atoms with E-state index < -0.39 is 6.04 Å². The highest BCUT2D eigenvalue weighted by molar-refractivity contribution is 6.06. The Hall–Kier alpha value is -2.82. The Morgan fingerprint density at radius 2 is 1.93 bits per heavy atom. The maximum absolute atomic E-state index is 13.0. The zero-order chi connectivity index (χ0) is 20.1. The monoisotopic (exact) mass is 380 g/mol. The molecule has 1 aliphatic heterocycles. The number of ether oxygens (including phenoxy) is 1. The molecular weight excluding hydrogens is 352 g/mol. The Kier molecular flexibility index (Phi) is 6.34. The molecule has 1 aliphatic rings. The van der Waals surface area contributed by atoms with Crippen molar-refractivity contribution < 1.29 is 14.3 Å². The summed E-state index contributed by atoms with van der Waals surface area (Å²) >= 11 is 0. The second kappa shape index (κ2) is 8.91. The Morgan fingerprint density at radius 3 is 2.61 bits per heavy atom. The number of amides is 2. The first kappa shape index (κ1) is 19.9. The van der Waals surface area contributed by atoms with Crippen LogP contribution in [-0.4, -0.2) is 25.0 Å². The van der Waals surface area contributed by atoms with Gasteiger partial charge in [-0.2, -0.15) is 0 Å². The van der Waals surface area contributed by atoms with Crippen molar-refractivity contribution in [3.05, 3.63) is 59.2 Å². The van der Waals surface area contributed by atoms with Gasteiger partial charge in [0.15, 0.2) is 0 Å². The molecule has 0 spiro atoms. The Bertz CT molecular complexity index is 845. The highest BCUT2D eigenvalue weighted by Crippen LogP contribution is 2.36. The lowest BCUT2D eigenvalue weighted by atomic mass is 10.0. The zero-order valence-electron chi connectivity index (χ0n) is 16.8. The van der Waals surface area contributed by atoms with Crippen molar-refractivity contribution in [2.45, 2.75) is 46.1 Å². The molecule has 0 fully saturated rings. The lowest BCUT2D eigenvalue weighted by Gasteiger charge is -2.18. The number of unbranched alkanes of at least 4 members (excludes halogenated alkanes) is 1. The summed E-state index contributed by atoms with van der Waals surface area (Å²) in [5.74, 6) is 0.470. The average Bonchev–Trinajstić information content (AvgIpc) is 2.92. The molecule has 3 rings (SSSR count). The summed E-state index contributed by atoms with van der Waals surface area (Å²) in [6.45, 7) is 6.45. The maximum Gasteiger partial charge on any atom is 0.254 e. The van der Waals surface area contributed by atoms with Crippen LogP contribution in [0.2, 0.25) is 0 Å². The van der Waals surface area contributed by atoms with Crippen molar-refractivity contribution in [1.29, 1.82) is 0 Å². The Balaban J connectivity index is 1.75. The molecule has 1 heterocycles. The summed E-state index contributed by atoms with van der Waals surface area (Å²) in [6, 6.07) is 13.4. The molecular formula is C23H28N2O3. The van der Waals surface area contributed by atoms with Gasteiger partial charge in [-0.15, -0.1) is 0 Å². The van der Waals surface area contributed by atoms with E-state index in [1.54, 1.807) is 4.90 Å². The summed E-state index contributed by atoms with van der Waals surface area (Å²) in [4.78, 5) is 26.3. The SMILES string of the molecule is CCCCc1ccc2c(c1)C(NC(C)=O)C(=O)N2CCOc1ccc(C)cc1. The van der Waals surface area contributed by atoms with E-state index in [1.807, 2.05) is 37.3 Å². The number of hydrogen-bond acceptors (Lipinski definition) is 3. The van der Waals surface area contributed by atoms with Crippen LogP contribution in [0.5, 0.6) is 5.75 Å². The number of aryl methyl sites for hydroxylation is 2. The second-order valence-corrected chi connectivity index (χ2v) is 7.28. The number of fused-ring (bicyclic) bond motifs is 1. The van der Waals surface area contributed by atoms with Crippen LogP contribution in [0.4, 0.5) is 5.69 Å². The largest absolute Gasteiger partial charge is 0.492 e. The molecule has 0 radical (unpaired) electrons. The fourth-order valence-electron chi connectivity index (χ4n) is 3.49. The predicted molar refractivity (Wildman–Crippen MR) is 111 cm³/mol. The fraction of sp³-hybridized carbons (Fsp3) is 0.391. The van der Waals surface area contributed by atoms with Gasteiger partial charge in [-0.05, 0) is 43.5 Å². The summed E-state index contributed by atoms with van der Waals surface area (Å²) < 4.78 is 5.80. The minimum absolute atomic E-state index is 0.106. The standard InChI is InChI=1S/C23H28N2O3/c1-4-5-6-18-9-12-21-20(15-18)22(24-17(3)26)23(27)25(21)13-14-28-19-10-7-16(2)8-11-19/h7-12,15,22H,4-6,13-14H2,1-3H3,(H,24,26). The van der Waals surface area contributed by atoms with E-state index in [1.165, 1.54) is 18.1 Å². The van der Waals surface area contributed by atoms with Gasteiger partial charge >= 0.3 is 0 Å². The molecule has 5 heteroatoms. The molecule has 28 heavy (non-hydrogen) atoms. The van der Waals surface area contributed by atoms with Crippen LogP contribution in [0, 0.1) is 6.92 Å². The number of benzene rings is 2. The van der Waals surface area contributed by atoms with Crippen LogP contribution in [-0.2, 0) is 16.0 Å². The van der Waals surface area contributed by atoms with Gasteiger partial charge in [0, 0.05) is 18.2 Å². The molecule has 148 valence electrons. The highest BCUT2D eigenvalue weighted by Gasteiger charge is 2.37. The van der Waals surface area contributed by atoms with Gasteiger partial charge in [-0.25, -0.2) is 0 Å². The molecule has 1 unspecified atom stereocenters. The quantitative estimate of drug-likeness (QED) is 0.755. The summed E-state index contributed by atoms with van der Waals surface area (Å²) in [7, 11) is 0. The van der Waals surface area contributed by atoms with E-state index in [9.17, 15) is 9.59 Å². The molecule has 0 saturated carbocycles. The number of nitrogens with one attached hydrogen (secondary N) is 1. The first-order chi connectivity index (χ1) is 13.5. The lowest BCUT2D eigenvalue weighted by Crippen LogP contribution is -2.38. The Morgan fingerprint density at radius 1 is 1.18 bits per heavy atom. The van der Waals surface area contributed by atoms with Crippen LogP contribution in [0.1, 0.15) is 49.4 Å². The van der Waals surface area contributed by atoms with Crippen LogP contribution in [0.3, 0.4) is 0 Å². The number of anilines is 1. The minimum Gasteiger partial charge on any atom is -0.492 e. The molecule has 0 aliphatic carbocycles. The first-order valence-corrected chi connectivity index (χ1v) is 9.90. The Labute approximate surface area is 166 Å². The van der Waals surface area contributed by atoms with E-state index in [0.717, 1.165) is 36.3 Å². The average molecular weight is 380 g/mol. The minimum atomic E-state index is -0.617. The topological polar surface area (TPSA) is 58.6 Å². The normalized spacial score (nSPS) is 15.5. The van der Waals surface area contributed by atoms with Crippen molar-refractivity contribution in [2.24, 2.45) is 0 Å². The smallest absolute Gasteiger partial charge is 0.254 e. The van der Waals surface area contributed by atoms with Crippen LogP contribution >= 0.6 is 0 Å². The molecule has 5 nitrogen and oxygen atoms in total. The molecule has 2 aromatic rings. The van der Waals surface area contributed by atoms with Crippen molar-refractivity contribution >= 4 is 17.5 Å². The van der Waals surface area contributed by atoms with Crippen molar-refractivity contribution in [3.63, 3.8) is 0 Å². The van der Waals surface area contributed by atoms with E-state index in [2.05, 4.69) is 24.4 Å².